The number of hydrogen-bond donors (Lipinski definition) is 1. The van der Waals surface area contributed by atoms with Crippen molar-refractivity contribution in [1.29, 1.82) is 0 Å². The highest BCUT2D eigenvalue weighted by atomic mass is 19.1. The number of urea groups is 1. The summed E-state index contributed by atoms with van der Waals surface area (Å²) < 4.78 is 13.0. The second kappa shape index (κ2) is 8.15. The van der Waals surface area contributed by atoms with Gasteiger partial charge in [-0.15, -0.1) is 0 Å². The second-order valence-electron chi connectivity index (χ2n) is 6.75. The van der Waals surface area contributed by atoms with E-state index in [1.54, 1.807) is 12.1 Å². The fourth-order valence-electron chi connectivity index (χ4n) is 3.37. The van der Waals surface area contributed by atoms with Crippen molar-refractivity contribution >= 4 is 6.03 Å². The Kier molecular flexibility index (Phi) is 5.69. The molecule has 2 amide bonds. The van der Waals surface area contributed by atoms with Crippen LogP contribution >= 0.6 is 0 Å². The zero-order chi connectivity index (χ0) is 17.6. The maximum atomic E-state index is 13.0. The van der Waals surface area contributed by atoms with Gasteiger partial charge >= 0.3 is 6.03 Å². The summed E-state index contributed by atoms with van der Waals surface area (Å²) in [6.07, 6.45) is 4.32. The molecule has 2 aromatic rings. The van der Waals surface area contributed by atoms with E-state index in [-0.39, 0.29) is 17.9 Å². The number of halogens is 1. The largest absolute Gasteiger partial charge is 0.334 e. The summed E-state index contributed by atoms with van der Waals surface area (Å²) in [6, 6.07) is 14.8. The molecular weight excluding hydrogens is 315 g/mol. The first kappa shape index (κ1) is 17.5. The van der Waals surface area contributed by atoms with Crippen LogP contribution in [-0.2, 0) is 6.54 Å². The van der Waals surface area contributed by atoms with Crippen LogP contribution in [0.3, 0.4) is 0 Å². The minimum atomic E-state index is -0.262. The van der Waals surface area contributed by atoms with E-state index in [0.717, 1.165) is 37.8 Å². The molecule has 1 aliphatic heterocycles. The average molecular weight is 340 g/mol. The van der Waals surface area contributed by atoms with Gasteiger partial charge in [0.05, 0.1) is 6.04 Å². The molecule has 0 aromatic heterocycles. The van der Waals surface area contributed by atoms with Gasteiger partial charge in [0.15, 0.2) is 0 Å². The van der Waals surface area contributed by atoms with Gasteiger partial charge in [0.2, 0.25) is 0 Å². The van der Waals surface area contributed by atoms with E-state index < -0.39 is 0 Å². The second-order valence-corrected chi connectivity index (χ2v) is 6.75. The van der Waals surface area contributed by atoms with Gasteiger partial charge in [0.1, 0.15) is 5.82 Å². The number of nitrogens with one attached hydrogen (secondary N) is 1. The van der Waals surface area contributed by atoms with E-state index in [4.69, 9.17) is 0 Å². The molecule has 3 nitrogen and oxygen atoms in total. The van der Waals surface area contributed by atoms with Crippen molar-refractivity contribution in [2.45, 2.75) is 45.2 Å². The third-order valence-corrected chi connectivity index (χ3v) is 4.83. The van der Waals surface area contributed by atoms with Crippen LogP contribution < -0.4 is 5.32 Å². The molecule has 0 aliphatic carbocycles. The topological polar surface area (TPSA) is 32.3 Å². The molecule has 0 bridgehead atoms. The minimum absolute atomic E-state index is 0.0446. The maximum Gasteiger partial charge on any atom is 0.318 e. The summed E-state index contributed by atoms with van der Waals surface area (Å²) in [6.45, 7) is 3.26. The van der Waals surface area contributed by atoms with E-state index >= 15 is 0 Å². The lowest BCUT2D eigenvalue weighted by Gasteiger charge is -2.30. The van der Waals surface area contributed by atoms with Gasteiger partial charge < -0.3 is 10.2 Å². The van der Waals surface area contributed by atoms with Gasteiger partial charge in [-0.05, 0) is 43.0 Å². The Morgan fingerprint density at radius 2 is 1.80 bits per heavy atom. The van der Waals surface area contributed by atoms with Crippen LogP contribution in [-0.4, -0.2) is 17.5 Å². The van der Waals surface area contributed by atoms with Gasteiger partial charge in [0.25, 0.3) is 0 Å². The van der Waals surface area contributed by atoms with Crippen molar-refractivity contribution in [3.05, 3.63) is 71.0 Å². The third kappa shape index (κ3) is 4.59. The Bertz CT molecular complexity index is 697. The number of hydrogen-bond acceptors (Lipinski definition) is 1. The zero-order valence-corrected chi connectivity index (χ0v) is 14.7. The number of rotatable bonds is 3. The lowest BCUT2D eigenvalue weighted by Crippen LogP contribution is -2.41. The summed E-state index contributed by atoms with van der Waals surface area (Å²) in [7, 11) is 0. The number of aryl methyl sites for hydroxylation is 1. The van der Waals surface area contributed by atoms with E-state index in [1.807, 2.05) is 4.90 Å². The monoisotopic (exact) mass is 340 g/mol. The summed E-state index contributed by atoms with van der Waals surface area (Å²) in [5.41, 5.74) is 3.32. The summed E-state index contributed by atoms with van der Waals surface area (Å²) in [5, 5.41) is 2.99. The number of amides is 2. The van der Waals surface area contributed by atoms with E-state index in [1.165, 1.54) is 23.3 Å². The summed E-state index contributed by atoms with van der Waals surface area (Å²) >= 11 is 0. The first-order valence-corrected chi connectivity index (χ1v) is 8.99. The van der Waals surface area contributed by atoms with Crippen molar-refractivity contribution < 1.29 is 9.18 Å². The Morgan fingerprint density at radius 1 is 1.08 bits per heavy atom. The number of nitrogens with zero attached hydrogens (tertiary/aromatic N) is 1. The lowest BCUT2D eigenvalue weighted by molar-refractivity contribution is 0.175. The Labute approximate surface area is 148 Å². The predicted octanol–water partition coefficient (Wildman–Crippen LogP) is 4.96. The van der Waals surface area contributed by atoms with Crippen LogP contribution in [0.2, 0.25) is 0 Å². The molecule has 1 fully saturated rings. The maximum absolute atomic E-state index is 13.0. The van der Waals surface area contributed by atoms with E-state index in [0.29, 0.717) is 6.54 Å². The quantitative estimate of drug-likeness (QED) is 0.841. The van der Waals surface area contributed by atoms with Crippen molar-refractivity contribution in [1.82, 2.24) is 10.2 Å². The molecule has 0 spiro atoms. The van der Waals surface area contributed by atoms with Gasteiger partial charge in [-0.1, -0.05) is 54.8 Å². The zero-order valence-electron chi connectivity index (χ0n) is 14.7. The van der Waals surface area contributed by atoms with Gasteiger partial charge in [-0.25, -0.2) is 9.18 Å². The van der Waals surface area contributed by atoms with Gasteiger partial charge in [-0.3, -0.25) is 0 Å². The van der Waals surface area contributed by atoms with Crippen LogP contribution in [0.1, 0.15) is 48.4 Å². The van der Waals surface area contributed by atoms with Crippen molar-refractivity contribution in [2.24, 2.45) is 0 Å². The molecule has 1 aliphatic rings. The Morgan fingerprint density at radius 3 is 2.52 bits per heavy atom. The molecule has 2 aromatic carbocycles. The van der Waals surface area contributed by atoms with Crippen LogP contribution in [0.25, 0.3) is 0 Å². The highest BCUT2D eigenvalue weighted by Crippen LogP contribution is 2.30. The molecule has 1 heterocycles. The molecule has 0 radical (unpaired) electrons. The van der Waals surface area contributed by atoms with Gasteiger partial charge in [0, 0.05) is 13.1 Å². The van der Waals surface area contributed by atoms with Crippen LogP contribution in [0, 0.1) is 12.7 Å². The molecule has 0 saturated carbocycles. The molecule has 132 valence electrons. The molecule has 0 unspecified atom stereocenters. The smallest absolute Gasteiger partial charge is 0.318 e. The SMILES string of the molecule is Cc1ccc([C@@H]2CCCCCN2C(=O)NCc2ccc(F)cc2)cc1. The summed E-state index contributed by atoms with van der Waals surface area (Å²) in [5.74, 6) is -0.262. The first-order valence-electron chi connectivity index (χ1n) is 8.99. The molecule has 1 saturated heterocycles. The standard InChI is InChI=1S/C21H25FN2O/c1-16-6-10-18(11-7-16)20-5-3-2-4-14-24(20)21(25)23-15-17-8-12-19(22)13-9-17/h6-13,20H,2-5,14-15H2,1H3,(H,23,25)/t20-/m0/s1. The number of carbonyl (C=O) groups is 1. The average Bonchev–Trinajstić information content (AvgIpc) is 2.88. The summed E-state index contributed by atoms with van der Waals surface area (Å²) in [4.78, 5) is 14.7. The highest BCUT2D eigenvalue weighted by molar-refractivity contribution is 5.74. The fourth-order valence-corrected chi connectivity index (χ4v) is 3.37. The number of likely N-dealkylation sites (tertiary alicyclic amines) is 1. The predicted molar refractivity (Wildman–Crippen MR) is 97.7 cm³/mol. The number of carbonyl (C=O) groups excluding carboxylic acids is 1. The molecule has 1 atom stereocenters. The van der Waals surface area contributed by atoms with Crippen molar-refractivity contribution in [2.75, 3.05) is 6.54 Å². The Balaban J connectivity index is 1.70. The van der Waals surface area contributed by atoms with Crippen LogP contribution in [0.5, 0.6) is 0 Å². The fraction of sp³-hybridized carbons (Fsp3) is 0.381. The van der Waals surface area contributed by atoms with Crippen LogP contribution in [0.4, 0.5) is 9.18 Å². The molecule has 3 rings (SSSR count). The van der Waals surface area contributed by atoms with Crippen molar-refractivity contribution in [3.8, 4) is 0 Å². The normalized spacial score (nSPS) is 17.8. The van der Waals surface area contributed by atoms with E-state index in [2.05, 4.69) is 36.5 Å². The lowest BCUT2D eigenvalue weighted by atomic mass is 10.00. The third-order valence-electron chi connectivity index (χ3n) is 4.83. The molecule has 1 N–H and O–H groups in total. The minimum Gasteiger partial charge on any atom is -0.334 e. The molecule has 25 heavy (non-hydrogen) atoms. The van der Waals surface area contributed by atoms with Gasteiger partial charge in [-0.2, -0.15) is 0 Å². The first-order chi connectivity index (χ1) is 12.1. The van der Waals surface area contributed by atoms with Crippen LogP contribution in [0.15, 0.2) is 48.5 Å². The molecular formula is C21H25FN2O. The van der Waals surface area contributed by atoms with E-state index in [9.17, 15) is 9.18 Å². The Hall–Kier alpha value is -2.36. The van der Waals surface area contributed by atoms with Crippen molar-refractivity contribution in [3.63, 3.8) is 0 Å². The highest BCUT2D eigenvalue weighted by Gasteiger charge is 2.26. The number of benzene rings is 2. The molecule has 4 heteroatoms.